The van der Waals surface area contributed by atoms with Gasteiger partial charge in [0.25, 0.3) is 0 Å². The molecule has 2 rings (SSSR count). The molecule has 1 aliphatic heterocycles. The molecule has 0 fully saturated rings. The predicted octanol–water partition coefficient (Wildman–Crippen LogP) is 0.0203. The molecule has 1 aromatic rings. The summed E-state index contributed by atoms with van der Waals surface area (Å²) in [5, 5.41) is 2.76. The largest absolute Gasteiger partial charge is 0.339 e. The van der Waals surface area contributed by atoms with Gasteiger partial charge in [0.05, 0.1) is 25.5 Å². The van der Waals surface area contributed by atoms with Gasteiger partial charge in [-0.15, -0.1) is 0 Å². The van der Waals surface area contributed by atoms with Crippen molar-refractivity contribution < 1.29 is 18.1 Å². The second kappa shape index (κ2) is 6.59. The van der Waals surface area contributed by atoms with Crippen molar-refractivity contribution in [2.75, 3.05) is 32.5 Å². The summed E-state index contributed by atoms with van der Waals surface area (Å²) in [6, 6.07) is 4.86. The molecule has 1 aromatic carbocycles. The summed E-state index contributed by atoms with van der Waals surface area (Å²) in [5.41, 5.74) is 1.44. The normalized spacial score (nSPS) is 15.4. The molecule has 128 valence electrons. The molecule has 0 aromatic heterocycles. The fraction of sp³-hybridized carbons (Fsp3) is 0.562. The van der Waals surface area contributed by atoms with Gasteiger partial charge in [-0.1, -0.05) is 13.8 Å². The number of sulfonamides is 1. The molecule has 0 saturated carbocycles. The van der Waals surface area contributed by atoms with E-state index in [1.54, 1.807) is 12.1 Å². The van der Waals surface area contributed by atoms with E-state index in [9.17, 15) is 13.2 Å². The molecule has 0 aliphatic carbocycles. The Kier molecular flexibility index (Phi) is 5.13. The third-order valence-electron chi connectivity index (χ3n) is 3.86. The van der Waals surface area contributed by atoms with Gasteiger partial charge < -0.3 is 10.2 Å². The van der Waals surface area contributed by atoms with Crippen molar-refractivity contribution in [2.24, 2.45) is 5.41 Å². The zero-order valence-electron chi connectivity index (χ0n) is 14.2. The van der Waals surface area contributed by atoms with Crippen LogP contribution in [0.5, 0.6) is 0 Å². The van der Waals surface area contributed by atoms with E-state index in [2.05, 4.69) is 10.0 Å². The standard InChI is InChI=1S/C16H25N3O3S/c1-16(2,11-19(3)4)10-17-23(21,22)13-6-7-14-12(9-13)5-8-15(20)18-14/h6-7,9,17H,5,8,10-11H2,1-4H3,(H,18,20)/p+1. The van der Waals surface area contributed by atoms with E-state index in [1.165, 1.54) is 11.0 Å². The van der Waals surface area contributed by atoms with Crippen LogP contribution in [-0.4, -0.2) is 41.5 Å². The molecule has 1 heterocycles. The number of aryl methyl sites for hydroxylation is 1. The molecular formula is C16H26N3O3S+. The summed E-state index contributed by atoms with van der Waals surface area (Å²) >= 11 is 0. The van der Waals surface area contributed by atoms with Crippen LogP contribution < -0.4 is 14.9 Å². The lowest BCUT2D eigenvalue weighted by atomic mass is 9.93. The number of anilines is 1. The Morgan fingerprint density at radius 2 is 1.96 bits per heavy atom. The Morgan fingerprint density at radius 1 is 1.26 bits per heavy atom. The van der Waals surface area contributed by atoms with Crippen LogP contribution in [0.1, 0.15) is 25.8 Å². The SMILES string of the molecule is C[NH+](C)CC(C)(C)CNS(=O)(=O)c1ccc2c(c1)CCC(=O)N2. The van der Waals surface area contributed by atoms with E-state index in [1.807, 2.05) is 27.9 Å². The van der Waals surface area contributed by atoms with Crippen molar-refractivity contribution in [3.05, 3.63) is 23.8 Å². The number of fused-ring (bicyclic) bond motifs is 1. The van der Waals surface area contributed by atoms with Crippen molar-refractivity contribution in [1.29, 1.82) is 0 Å². The average Bonchev–Trinajstić information content (AvgIpc) is 2.43. The topological polar surface area (TPSA) is 79.7 Å². The Balaban J connectivity index is 2.12. The first-order chi connectivity index (χ1) is 10.6. The Morgan fingerprint density at radius 3 is 2.61 bits per heavy atom. The van der Waals surface area contributed by atoms with Crippen LogP contribution in [0.3, 0.4) is 0 Å². The minimum absolute atomic E-state index is 0.0285. The van der Waals surface area contributed by atoms with Gasteiger partial charge in [0.15, 0.2) is 0 Å². The Hall–Kier alpha value is -1.44. The van der Waals surface area contributed by atoms with E-state index in [-0.39, 0.29) is 16.2 Å². The number of carbonyl (C=O) groups is 1. The zero-order chi connectivity index (χ0) is 17.3. The molecule has 1 amide bonds. The fourth-order valence-electron chi connectivity index (χ4n) is 2.92. The molecule has 1 aliphatic rings. The number of nitrogens with one attached hydrogen (secondary N) is 3. The summed E-state index contributed by atoms with van der Waals surface area (Å²) in [6.45, 7) is 5.34. The van der Waals surface area contributed by atoms with E-state index in [4.69, 9.17) is 0 Å². The van der Waals surface area contributed by atoms with Gasteiger partial charge in [0, 0.05) is 24.1 Å². The van der Waals surface area contributed by atoms with E-state index in [0.717, 1.165) is 12.1 Å². The monoisotopic (exact) mass is 340 g/mol. The number of quaternary nitrogens is 1. The van der Waals surface area contributed by atoms with Gasteiger partial charge in [0.1, 0.15) is 0 Å². The van der Waals surface area contributed by atoms with Gasteiger partial charge in [-0.2, -0.15) is 0 Å². The lowest BCUT2D eigenvalue weighted by Crippen LogP contribution is -3.07. The lowest BCUT2D eigenvalue weighted by Gasteiger charge is -2.26. The molecule has 0 bridgehead atoms. The molecule has 0 radical (unpaired) electrons. The first-order valence-electron chi connectivity index (χ1n) is 7.81. The number of amides is 1. The third kappa shape index (κ3) is 4.76. The van der Waals surface area contributed by atoms with Crippen molar-refractivity contribution >= 4 is 21.6 Å². The number of hydrogen-bond acceptors (Lipinski definition) is 3. The minimum Gasteiger partial charge on any atom is -0.339 e. The predicted molar refractivity (Wildman–Crippen MR) is 90.0 cm³/mol. The van der Waals surface area contributed by atoms with E-state index < -0.39 is 10.0 Å². The van der Waals surface area contributed by atoms with Crippen molar-refractivity contribution in [3.63, 3.8) is 0 Å². The van der Waals surface area contributed by atoms with Crippen molar-refractivity contribution in [1.82, 2.24) is 4.72 Å². The van der Waals surface area contributed by atoms with Gasteiger partial charge in [-0.25, -0.2) is 13.1 Å². The quantitative estimate of drug-likeness (QED) is 0.683. The van der Waals surface area contributed by atoms with Gasteiger partial charge >= 0.3 is 0 Å². The fourth-order valence-corrected chi connectivity index (χ4v) is 4.21. The minimum atomic E-state index is -3.55. The van der Waals surface area contributed by atoms with Crippen LogP contribution in [-0.2, 0) is 21.2 Å². The van der Waals surface area contributed by atoms with Crippen molar-refractivity contribution in [2.45, 2.75) is 31.6 Å². The highest BCUT2D eigenvalue weighted by Crippen LogP contribution is 2.25. The molecule has 7 heteroatoms. The van der Waals surface area contributed by atoms with Crippen LogP contribution in [0.4, 0.5) is 5.69 Å². The van der Waals surface area contributed by atoms with E-state index >= 15 is 0 Å². The highest BCUT2D eigenvalue weighted by molar-refractivity contribution is 7.89. The van der Waals surface area contributed by atoms with Crippen LogP contribution in [0.15, 0.2) is 23.1 Å². The zero-order valence-corrected chi connectivity index (χ0v) is 15.0. The second-order valence-electron chi connectivity index (χ2n) is 7.24. The first-order valence-corrected chi connectivity index (χ1v) is 9.29. The summed E-state index contributed by atoms with van der Waals surface area (Å²) in [5.74, 6) is -0.0285. The summed E-state index contributed by atoms with van der Waals surface area (Å²) in [7, 11) is 0.551. The second-order valence-corrected chi connectivity index (χ2v) is 9.01. The number of carbonyl (C=O) groups excluding carboxylic acids is 1. The van der Waals surface area contributed by atoms with Crippen molar-refractivity contribution in [3.8, 4) is 0 Å². The lowest BCUT2D eigenvalue weighted by molar-refractivity contribution is -0.865. The molecule has 6 nitrogen and oxygen atoms in total. The molecule has 0 unspecified atom stereocenters. The summed E-state index contributed by atoms with van der Waals surface area (Å²) < 4.78 is 27.7. The number of rotatable bonds is 6. The highest BCUT2D eigenvalue weighted by atomic mass is 32.2. The summed E-state index contributed by atoms with van der Waals surface area (Å²) in [6.07, 6.45) is 0.961. The van der Waals surface area contributed by atoms with E-state index in [0.29, 0.717) is 25.1 Å². The third-order valence-corrected chi connectivity index (χ3v) is 5.25. The van der Waals surface area contributed by atoms with Crippen LogP contribution >= 0.6 is 0 Å². The highest BCUT2D eigenvalue weighted by Gasteiger charge is 2.26. The number of hydrogen-bond donors (Lipinski definition) is 3. The summed E-state index contributed by atoms with van der Waals surface area (Å²) in [4.78, 5) is 12.9. The van der Waals surface area contributed by atoms with Gasteiger partial charge in [0.2, 0.25) is 15.9 Å². The maximum atomic E-state index is 12.5. The maximum Gasteiger partial charge on any atom is 0.240 e. The average molecular weight is 340 g/mol. The maximum absolute atomic E-state index is 12.5. The smallest absolute Gasteiger partial charge is 0.240 e. The first kappa shape index (κ1) is 17.9. The van der Waals surface area contributed by atoms with Crippen LogP contribution in [0.2, 0.25) is 0 Å². The molecular weight excluding hydrogens is 314 g/mol. The van der Waals surface area contributed by atoms with Gasteiger partial charge in [-0.05, 0) is 30.2 Å². The molecule has 3 N–H and O–H groups in total. The molecule has 0 spiro atoms. The molecule has 23 heavy (non-hydrogen) atoms. The molecule has 0 atom stereocenters. The number of benzene rings is 1. The Labute approximate surface area is 138 Å². The Bertz CT molecular complexity index is 697. The van der Waals surface area contributed by atoms with Crippen LogP contribution in [0.25, 0.3) is 0 Å². The molecule has 0 saturated heterocycles. The van der Waals surface area contributed by atoms with Gasteiger partial charge in [-0.3, -0.25) is 4.79 Å². The van der Waals surface area contributed by atoms with Crippen LogP contribution in [0, 0.1) is 5.41 Å².